The maximum atomic E-state index is 12.0. The van der Waals surface area contributed by atoms with Gasteiger partial charge in [-0.2, -0.15) is 0 Å². The first-order valence-electron chi connectivity index (χ1n) is 6.91. The van der Waals surface area contributed by atoms with Crippen molar-refractivity contribution in [3.8, 4) is 0 Å². The zero-order valence-electron chi connectivity index (χ0n) is 11.6. The number of methoxy groups -OCH3 is 1. The van der Waals surface area contributed by atoms with E-state index in [4.69, 9.17) is 4.74 Å². The van der Waals surface area contributed by atoms with Crippen molar-refractivity contribution in [1.82, 2.24) is 14.8 Å². The van der Waals surface area contributed by atoms with Gasteiger partial charge in [-0.15, -0.1) is 0 Å². The van der Waals surface area contributed by atoms with E-state index in [1.54, 1.807) is 7.11 Å². The third-order valence-electron chi connectivity index (χ3n) is 3.40. The Kier molecular flexibility index (Phi) is 5.42. The molecule has 19 heavy (non-hydrogen) atoms. The van der Waals surface area contributed by atoms with Crippen molar-refractivity contribution in [2.75, 3.05) is 33.4 Å². The van der Waals surface area contributed by atoms with E-state index in [0.29, 0.717) is 13.2 Å². The number of hydrogen-bond donors (Lipinski definition) is 1. The third-order valence-corrected chi connectivity index (χ3v) is 3.40. The van der Waals surface area contributed by atoms with E-state index in [1.165, 1.54) is 5.56 Å². The highest BCUT2D eigenvalue weighted by atomic mass is 16.5. The lowest BCUT2D eigenvalue weighted by atomic mass is 10.3. The number of aromatic nitrogens is 1. The number of nitrogens with zero attached hydrogens (tertiary/aromatic N) is 2. The second-order valence-electron chi connectivity index (χ2n) is 4.95. The average molecular weight is 265 g/mol. The zero-order valence-corrected chi connectivity index (χ0v) is 11.6. The van der Waals surface area contributed by atoms with E-state index in [-0.39, 0.29) is 5.91 Å². The van der Waals surface area contributed by atoms with Gasteiger partial charge in [-0.3, -0.25) is 4.79 Å². The highest BCUT2D eigenvalue weighted by Crippen LogP contribution is 2.09. The molecule has 2 rings (SSSR count). The Hall–Kier alpha value is -1.33. The molecule has 5 heteroatoms. The maximum absolute atomic E-state index is 12.0. The predicted octanol–water partition coefficient (Wildman–Crippen LogP) is 0.846. The number of carbonyl (C=O) groups excluding carboxylic acids is 1. The minimum Gasteiger partial charge on any atom is -0.383 e. The van der Waals surface area contributed by atoms with Gasteiger partial charge in [0.05, 0.1) is 6.61 Å². The summed E-state index contributed by atoms with van der Waals surface area (Å²) in [5.74, 6) is 0.229. The molecule has 0 spiro atoms. The number of ether oxygens (including phenoxy) is 1. The van der Waals surface area contributed by atoms with Crippen LogP contribution < -0.4 is 5.32 Å². The molecule has 0 bridgehead atoms. The number of carbonyl (C=O) groups is 1. The van der Waals surface area contributed by atoms with Crippen LogP contribution >= 0.6 is 0 Å². The van der Waals surface area contributed by atoms with Gasteiger partial charge in [0.1, 0.15) is 6.54 Å². The first-order valence-corrected chi connectivity index (χ1v) is 6.91. The average Bonchev–Trinajstić information content (AvgIpc) is 3.06. The van der Waals surface area contributed by atoms with Gasteiger partial charge in [0.25, 0.3) is 0 Å². The molecule has 5 nitrogen and oxygen atoms in total. The summed E-state index contributed by atoms with van der Waals surface area (Å²) in [6.45, 7) is 4.67. The van der Waals surface area contributed by atoms with Gasteiger partial charge in [-0.25, -0.2) is 0 Å². The van der Waals surface area contributed by atoms with Crippen LogP contribution in [0, 0.1) is 0 Å². The molecule has 1 aromatic rings. The standard InChI is InChI=1S/C14H23N3O2/c1-19-9-5-15-10-13-4-8-16(11-13)12-14(18)17-6-2-3-7-17/h4,8,11,15H,2-3,5-7,9-10,12H2,1H3. The van der Waals surface area contributed by atoms with Gasteiger partial charge >= 0.3 is 0 Å². The third kappa shape index (κ3) is 4.36. The molecule has 0 saturated carbocycles. The van der Waals surface area contributed by atoms with E-state index >= 15 is 0 Å². The molecule has 0 unspecified atom stereocenters. The van der Waals surface area contributed by atoms with Crippen LogP contribution in [0.5, 0.6) is 0 Å². The van der Waals surface area contributed by atoms with Gasteiger partial charge in [0.2, 0.25) is 5.91 Å². The van der Waals surface area contributed by atoms with Crippen LogP contribution in [0.4, 0.5) is 0 Å². The van der Waals surface area contributed by atoms with Crippen molar-refractivity contribution >= 4 is 5.91 Å². The fourth-order valence-electron chi connectivity index (χ4n) is 2.32. The lowest BCUT2D eigenvalue weighted by Crippen LogP contribution is -2.30. The second-order valence-corrected chi connectivity index (χ2v) is 4.95. The Balaban J connectivity index is 1.75. The van der Waals surface area contributed by atoms with Crippen LogP contribution in [0.15, 0.2) is 18.5 Å². The minimum absolute atomic E-state index is 0.229. The van der Waals surface area contributed by atoms with Crippen LogP contribution in [-0.4, -0.2) is 48.7 Å². The van der Waals surface area contributed by atoms with Gasteiger partial charge in [-0.05, 0) is 24.5 Å². The number of rotatable bonds is 7. The van der Waals surface area contributed by atoms with Crippen LogP contribution in [0.2, 0.25) is 0 Å². The smallest absolute Gasteiger partial charge is 0.242 e. The molecule has 0 aliphatic carbocycles. The van der Waals surface area contributed by atoms with Gasteiger partial charge in [0.15, 0.2) is 0 Å². The molecule has 0 atom stereocenters. The first-order chi connectivity index (χ1) is 9.29. The highest BCUT2D eigenvalue weighted by Gasteiger charge is 2.17. The lowest BCUT2D eigenvalue weighted by molar-refractivity contribution is -0.130. The van der Waals surface area contributed by atoms with Crippen LogP contribution in [0.1, 0.15) is 18.4 Å². The molecular weight excluding hydrogens is 242 g/mol. The van der Waals surface area contributed by atoms with Crippen molar-refractivity contribution in [2.45, 2.75) is 25.9 Å². The molecular formula is C14H23N3O2. The van der Waals surface area contributed by atoms with Gasteiger partial charge < -0.3 is 19.5 Å². The summed E-state index contributed by atoms with van der Waals surface area (Å²) in [6, 6.07) is 2.05. The van der Waals surface area contributed by atoms with Crippen molar-refractivity contribution < 1.29 is 9.53 Å². The first kappa shape index (κ1) is 14.1. The quantitative estimate of drug-likeness (QED) is 0.743. The molecule has 1 fully saturated rings. The second kappa shape index (κ2) is 7.31. The van der Waals surface area contributed by atoms with Crippen molar-refractivity contribution in [3.63, 3.8) is 0 Å². The molecule has 1 amide bonds. The molecule has 1 N–H and O–H groups in total. The Labute approximate surface area is 114 Å². The summed E-state index contributed by atoms with van der Waals surface area (Å²) in [6.07, 6.45) is 6.30. The summed E-state index contributed by atoms with van der Waals surface area (Å²) in [4.78, 5) is 14.0. The van der Waals surface area contributed by atoms with Gasteiger partial charge in [-0.1, -0.05) is 0 Å². The maximum Gasteiger partial charge on any atom is 0.242 e. The molecule has 1 aliphatic heterocycles. The van der Waals surface area contributed by atoms with Crippen molar-refractivity contribution in [3.05, 3.63) is 24.0 Å². The number of likely N-dealkylation sites (tertiary alicyclic amines) is 1. The molecule has 2 heterocycles. The zero-order chi connectivity index (χ0) is 13.5. The monoisotopic (exact) mass is 265 g/mol. The molecule has 106 valence electrons. The molecule has 1 aromatic heterocycles. The Morgan fingerprint density at radius 1 is 1.42 bits per heavy atom. The summed E-state index contributed by atoms with van der Waals surface area (Å²) in [5, 5.41) is 3.29. The Morgan fingerprint density at radius 3 is 2.95 bits per heavy atom. The minimum atomic E-state index is 0.229. The molecule has 0 radical (unpaired) electrons. The largest absolute Gasteiger partial charge is 0.383 e. The van der Waals surface area contributed by atoms with E-state index in [0.717, 1.165) is 39.0 Å². The number of hydrogen-bond acceptors (Lipinski definition) is 3. The summed E-state index contributed by atoms with van der Waals surface area (Å²) >= 11 is 0. The van der Waals surface area contributed by atoms with Crippen LogP contribution in [0.25, 0.3) is 0 Å². The number of amides is 1. The molecule has 0 aromatic carbocycles. The normalized spacial score (nSPS) is 15.1. The lowest BCUT2D eigenvalue weighted by Gasteiger charge is -2.15. The summed E-state index contributed by atoms with van der Waals surface area (Å²) in [5.41, 5.74) is 1.20. The number of nitrogens with one attached hydrogen (secondary N) is 1. The Morgan fingerprint density at radius 2 is 2.21 bits per heavy atom. The summed E-state index contributed by atoms with van der Waals surface area (Å²) < 4.78 is 6.94. The van der Waals surface area contributed by atoms with Crippen molar-refractivity contribution in [1.29, 1.82) is 0 Å². The Bertz CT molecular complexity index is 397. The molecule has 1 saturated heterocycles. The highest BCUT2D eigenvalue weighted by molar-refractivity contribution is 5.76. The fourth-order valence-corrected chi connectivity index (χ4v) is 2.32. The topological polar surface area (TPSA) is 46.5 Å². The van der Waals surface area contributed by atoms with E-state index in [1.807, 2.05) is 21.9 Å². The molecule has 1 aliphatic rings. The van der Waals surface area contributed by atoms with Gasteiger partial charge in [0, 0.05) is 45.7 Å². The van der Waals surface area contributed by atoms with Crippen molar-refractivity contribution in [2.24, 2.45) is 0 Å². The fraction of sp³-hybridized carbons (Fsp3) is 0.643. The summed E-state index contributed by atoms with van der Waals surface area (Å²) in [7, 11) is 1.70. The van der Waals surface area contributed by atoms with E-state index < -0.39 is 0 Å². The van der Waals surface area contributed by atoms with E-state index in [2.05, 4.69) is 11.4 Å². The predicted molar refractivity (Wildman–Crippen MR) is 73.8 cm³/mol. The SMILES string of the molecule is COCCNCc1ccn(CC(=O)N2CCCC2)c1. The van der Waals surface area contributed by atoms with Crippen LogP contribution in [-0.2, 0) is 22.6 Å². The van der Waals surface area contributed by atoms with E-state index in [9.17, 15) is 4.79 Å². The van der Waals surface area contributed by atoms with Crippen LogP contribution in [0.3, 0.4) is 0 Å².